The number of rotatable bonds is 3. The van der Waals surface area contributed by atoms with Crippen LogP contribution in [-0.4, -0.2) is 15.4 Å². The molecule has 2 nitrogen and oxygen atoms in total. The first-order valence-electron chi connectivity index (χ1n) is 7.34. The highest BCUT2D eigenvalue weighted by Gasteiger charge is 2.33. The van der Waals surface area contributed by atoms with Crippen molar-refractivity contribution in [1.82, 2.24) is 9.55 Å². The van der Waals surface area contributed by atoms with Crippen molar-refractivity contribution in [3.05, 3.63) is 29.0 Å². The predicted octanol–water partition coefficient (Wildman–Crippen LogP) is 5.08. The van der Waals surface area contributed by atoms with Crippen molar-refractivity contribution in [2.24, 2.45) is 11.8 Å². The monoisotopic (exact) mass is 310 g/mol. The van der Waals surface area contributed by atoms with Gasteiger partial charge in [-0.15, -0.1) is 11.6 Å². The van der Waals surface area contributed by atoms with E-state index < -0.39 is 0 Å². The summed E-state index contributed by atoms with van der Waals surface area (Å²) in [6.07, 6.45) is 3.33. The van der Waals surface area contributed by atoms with Crippen LogP contribution in [0.25, 0.3) is 11.0 Å². The molecule has 2 aromatic rings. The largest absolute Gasteiger partial charge is 0.325 e. The van der Waals surface area contributed by atoms with Crippen LogP contribution in [0.15, 0.2) is 18.2 Å². The second kappa shape index (κ2) is 5.57. The first-order chi connectivity index (χ1) is 9.61. The van der Waals surface area contributed by atoms with Gasteiger partial charge in [-0.3, -0.25) is 0 Å². The van der Waals surface area contributed by atoms with Gasteiger partial charge in [-0.1, -0.05) is 25.4 Å². The van der Waals surface area contributed by atoms with Crippen molar-refractivity contribution < 1.29 is 0 Å². The smallest absolute Gasteiger partial charge is 0.111 e. The molecule has 3 unspecified atom stereocenters. The Balaban J connectivity index is 2.14. The summed E-state index contributed by atoms with van der Waals surface area (Å²) in [4.78, 5) is 4.76. The molecule has 1 fully saturated rings. The highest BCUT2D eigenvalue weighted by molar-refractivity contribution is 6.31. The van der Waals surface area contributed by atoms with Crippen molar-refractivity contribution in [3.63, 3.8) is 0 Å². The molecule has 1 aromatic heterocycles. The highest BCUT2D eigenvalue weighted by Crippen LogP contribution is 2.42. The lowest BCUT2D eigenvalue weighted by Gasteiger charge is -2.22. The van der Waals surface area contributed by atoms with E-state index in [1.165, 1.54) is 18.4 Å². The number of hydrogen-bond acceptors (Lipinski definition) is 1. The minimum Gasteiger partial charge on any atom is -0.325 e. The lowest BCUT2D eigenvalue weighted by molar-refractivity contribution is 0.352. The third-order valence-electron chi connectivity index (χ3n) is 4.80. The van der Waals surface area contributed by atoms with Crippen LogP contribution in [0.4, 0.5) is 0 Å². The Morgan fingerprint density at radius 2 is 2.10 bits per heavy atom. The zero-order valence-electron chi connectivity index (χ0n) is 11.9. The summed E-state index contributed by atoms with van der Waals surface area (Å²) in [5, 5.41) is 0.743. The van der Waals surface area contributed by atoms with E-state index in [9.17, 15) is 0 Å². The van der Waals surface area contributed by atoms with Crippen LogP contribution in [-0.2, 0) is 6.42 Å². The van der Waals surface area contributed by atoms with Crippen molar-refractivity contribution in [3.8, 4) is 0 Å². The van der Waals surface area contributed by atoms with Gasteiger partial charge in [-0.25, -0.2) is 4.98 Å². The fourth-order valence-corrected chi connectivity index (χ4v) is 3.79. The Bertz CT molecular complexity index is 620. The third-order valence-corrected chi connectivity index (χ3v) is 5.22. The lowest BCUT2D eigenvalue weighted by atomic mass is 9.97. The van der Waals surface area contributed by atoms with Gasteiger partial charge in [-0.2, -0.15) is 0 Å². The Morgan fingerprint density at radius 1 is 1.30 bits per heavy atom. The maximum atomic E-state index is 6.09. The quantitative estimate of drug-likeness (QED) is 0.723. The summed E-state index contributed by atoms with van der Waals surface area (Å²) >= 11 is 12.1. The molecule has 1 aromatic carbocycles. The summed E-state index contributed by atoms with van der Waals surface area (Å²) < 4.78 is 2.42. The first kappa shape index (κ1) is 14.2. The van der Waals surface area contributed by atoms with Gasteiger partial charge >= 0.3 is 0 Å². The topological polar surface area (TPSA) is 17.8 Å². The number of fused-ring (bicyclic) bond motifs is 1. The predicted molar refractivity (Wildman–Crippen MR) is 85.8 cm³/mol. The van der Waals surface area contributed by atoms with E-state index in [4.69, 9.17) is 28.2 Å². The van der Waals surface area contributed by atoms with E-state index in [-0.39, 0.29) is 0 Å². The molecule has 1 aliphatic rings. The molecule has 0 radical (unpaired) electrons. The molecule has 0 bridgehead atoms. The van der Waals surface area contributed by atoms with Crippen LogP contribution in [0.3, 0.4) is 0 Å². The van der Waals surface area contributed by atoms with Crippen LogP contribution in [0.2, 0.25) is 5.02 Å². The van der Waals surface area contributed by atoms with E-state index in [0.29, 0.717) is 17.8 Å². The number of nitrogens with zero attached hydrogens (tertiary/aromatic N) is 2. The Kier molecular flexibility index (Phi) is 3.96. The number of halogens is 2. The molecule has 0 N–H and O–H groups in total. The van der Waals surface area contributed by atoms with E-state index in [1.54, 1.807) is 0 Å². The van der Waals surface area contributed by atoms with E-state index >= 15 is 0 Å². The molecule has 3 rings (SSSR count). The third kappa shape index (κ3) is 2.33. The summed E-state index contributed by atoms with van der Waals surface area (Å²) in [5.74, 6) is 3.15. The van der Waals surface area contributed by atoms with Crippen LogP contribution >= 0.6 is 23.2 Å². The number of aromatic nitrogens is 2. The van der Waals surface area contributed by atoms with Gasteiger partial charge in [0.1, 0.15) is 5.82 Å². The van der Waals surface area contributed by atoms with Gasteiger partial charge in [0.15, 0.2) is 0 Å². The van der Waals surface area contributed by atoms with Crippen molar-refractivity contribution >= 4 is 34.2 Å². The minimum atomic E-state index is 0.536. The van der Waals surface area contributed by atoms with Gasteiger partial charge in [0, 0.05) is 23.4 Å². The van der Waals surface area contributed by atoms with Crippen LogP contribution in [0, 0.1) is 11.8 Å². The average molecular weight is 311 g/mol. The zero-order chi connectivity index (χ0) is 14.3. The first-order valence-corrected chi connectivity index (χ1v) is 8.25. The molecular weight excluding hydrogens is 291 g/mol. The standard InChI is InChI=1S/C16H20Cl2N2/c1-10-3-5-14(11(10)2)20-15-6-4-12(18)9-13(15)19-16(20)7-8-17/h4,6,9-11,14H,3,5,7-8H2,1-2H3. The van der Waals surface area contributed by atoms with Gasteiger partial charge in [0.25, 0.3) is 0 Å². The molecule has 1 aliphatic carbocycles. The molecule has 1 saturated carbocycles. The minimum absolute atomic E-state index is 0.536. The Morgan fingerprint density at radius 3 is 2.75 bits per heavy atom. The van der Waals surface area contributed by atoms with E-state index in [2.05, 4.69) is 24.5 Å². The molecule has 0 spiro atoms. The van der Waals surface area contributed by atoms with E-state index in [0.717, 1.165) is 28.7 Å². The van der Waals surface area contributed by atoms with Crippen LogP contribution < -0.4 is 0 Å². The van der Waals surface area contributed by atoms with Crippen molar-refractivity contribution in [2.75, 3.05) is 5.88 Å². The summed E-state index contributed by atoms with van der Waals surface area (Å²) in [6.45, 7) is 4.70. The second-order valence-corrected chi connectivity index (χ2v) is 6.77. The molecule has 108 valence electrons. The van der Waals surface area contributed by atoms with E-state index in [1.807, 2.05) is 12.1 Å². The SMILES string of the molecule is CC1CCC(n2c(CCCl)nc3cc(Cl)ccc32)C1C. The Labute approximate surface area is 130 Å². The lowest BCUT2D eigenvalue weighted by Crippen LogP contribution is -2.17. The molecule has 1 heterocycles. The summed E-state index contributed by atoms with van der Waals surface area (Å²) in [6, 6.07) is 6.54. The average Bonchev–Trinajstić information content (AvgIpc) is 2.91. The van der Waals surface area contributed by atoms with Gasteiger partial charge in [0.2, 0.25) is 0 Å². The number of benzene rings is 1. The fraction of sp³-hybridized carbons (Fsp3) is 0.562. The number of aryl methyl sites for hydroxylation is 1. The normalized spacial score (nSPS) is 26.5. The van der Waals surface area contributed by atoms with Gasteiger partial charge < -0.3 is 4.57 Å². The van der Waals surface area contributed by atoms with Crippen molar-refractivity contribution in [2.45, 2.75) is 39.2 Å². The molecule has 3 atom stereocenters. The molecule has 20 heavy (non-hydrogen) atoms. The number of alkyl halides is 1. The number of imidazole rings is 1. The zero-order valence-corrected chi connectivity index (χ0v) is 13.5. The number of hydrogen-bond donors (Lipinski definition) is 0. The van der Waals surface area contributed by atoms with Gasteiger partial charge in [-0.05, 0) is 42.9 Å². The molecule has 0 saturated heterocycles. The Hall–Kier alpha value is -0.730. The fourth-order valence-electron chi connectivity index (χ4n) is 3.46. The maximum absolute atomic E-state index is 6.09. The highest BCUT2D eigenvalue weighted by atomic mass is 35.5. The summed E-state index contributed by atoms with van der Waals surface area (Å²) in [5.41, 5.74) is 2.19. The molecule has 4 heteroatoms. The van der Waals surface area contributed by atoms with Crippen LogP contribution in [0.5, 0.6) is 0 Å². The molecular formula is C16H20Cl2N2. The summed E-state index contributed by atoms with van der Waals surface area (Å²) in [7, 11) is 0. The van der Waals surface area contributed by atoms with Crippen molar-refractivity contribution in [1.29, 1.82) is 0 Å². The second-order valence-electron chi connectivity index (χ2n) is 5.95. The molecule has 0 amide bonds. The van der Waals surface area contributed by atoms with Crippen LogP contribution in [0.1, 0.15) is 38.6 Å². The maximum Gasteiger partial charge on any atom is 0.111 e. The van der Waals surface area contributed by atoms with Gasteiger partial charge in [0.05, 0.1) is 11.0 Å². The molecule has 0 aliphatic heterocycles.